The molecule has 2 N–H and O–H groups in total. The van der Waals surface area contributed by atoms with Crippen LogP contribution >= 0.6 is 15.9 Å². The number of carbonyl (C=O) groups is 1. The SMILES string of the molecule is NCCc1ccccc1C(=O)Cc1ccc(Br)cc1F. The van der Waals surface area contributed by atoms with Crippen LogP contribution in [-0.2, 0) is 12.8 Å². The van der Waals surface area contributed by atoms with E-state index in [4.69, 9.17) is 5.73 Å². The van der Waals surface area contributed by atoms with E-state index in [2.05, 4.69) is 15.9 Å². The van der Waals surface area contributed by atoms with E-state index in [1.165, 1.54) is 6.07 Å². The zero-order valence-electron chi connectivity index (χ0n) is 10.9. The molecule has 0 radical (unpaired) electrons. The molecule has 2 nitrogen and oxygen atoms in total. The second kappa shape index (κ2) is 6.77. The van der Waals surface area contributed by atoms with E-state index in [0.717, 1.165) is 5.56 Å². The average molecular weight is 336 g/mol. The molecule has 2 aromatic rings. The van der Waals surface area contributed by atoms with Crippen molar-refractivity contribution in [2.75, 3.05) is 6.54 Å². The van der Waals surface area contributed by atoms with Gasteiger partial charge < -0.3 is 5.73 Å². The van der Waals surface area contributed by atoms with Crippen molar-refractivity contribution in [3.8, 4) is 0 Å². The van der Waals surface area contributed by atoms with Crippen molar-refractivity contribution in [3.63, 3.8) is 0 Å². The number of rotatable bonds is 5. The minimum absolute atomic E-state index is 0.0562. The molecule has 0 aromatic heterocycles. The first-order valence-corrected chi connectivity index (χ1v) is 7.16. The van der Waals surface area contributed by atoms with Gasteiger partial charge in [0, 0.05) is 16.5 Å². The molecule has 0 spiro atoms. The molecule has 0 unspecified atom stereocenters. The molecule has 0 saturated carbocycles. The van der Waals surface area contributed by atoms with Gasteiger partial charge >= 0.3 is 0 Å². The molecule has 0 fully saturated rings. The van der Waals surface area contributed by atoms with Crippen molar-refractivity contribution in [2.45, 2.75) is 12.8 Å². The topological polar surface area (TPSA) is 43.1 Å². The van der Waals surface area contributed by atoms with E-state index in [9.17, 15) is 9.18 Å². The Bertz CT molecular complexity index is 628. The second-order valence-corrected chi connectivity index (χ2v) is 5.45. The molecule has 0 saturated heterocycles. The maximum Gasteiger partial charge on any atom is 0.167 e. The van der Waals surface area contributed by atoms with Crippen molar-refractivity contribution < 1.29 is 9.18 Å². The smallest absolute Gasteiger partial charge is 0.167 e. The van der Waals surface area contributed by atoms with Crippen LogP contribution in [0.15, 0.2) is 46.9 Å². The Morgan fingerprint density at radius 2 is 1.90 bits per heavy atom. The molecule has 2 aromatic carbocycles. The zero-order valence-corrected chi connectivity index (χ0v) is 12.5. The van der Waals surface area contributed by atoms with Gasteiger partial charge in [-0.1, -0.05) is 46.3 Å². The molecule has 4 heteroatoms. The molecule has 0 amide bonds. The summed E-state index contributed by atoms with van der Waals surface area (Å²) in [5.74, 6) is -0.459. The van der Waals surface area contributed by atoms with Crippen molar-refractivity contribution in [3.05, 3.63) is 69.4 Å². The second-order valence-electron chi connectivity index (χ2n) is 4.53. The van der Waals surface area contributed by atoms with Crippen LogP contribution in [-0.4, -0.2) is 12.3 Å². The Labute approximate surface area is 125 Å². The fourth-order valence-electron chi connectivity index (χ4n) is 2.10. The Kier molecular flexibility index (Phi) is 5.04. The highest BCUT2D eigenvalue weighted by Gasteiger charge is 2.13. The number of Topliss-reactive ketones (excluding diaryl/α,β-unsaturated/α-hetero) is 1. The summed E-state index contributed by atoms with van der Waals surface area (Å²) in [6, 6.07) is 12.1. The largest absolute Gasteiger partial charge is 0.330 e. The Balaban J connectivity index is 2.24. The third-order valence-electron chi connectivity index (χ3n) is 3.10. The lowest BCUT2D eigenvalue weighted by molar-refractivity contribution is 0.0991. The van der Waals surface area contributed by atoms with Crippen LogP contribution in [0.25, 0.3) is 0 Å². The molecule has 0 aliphatic rings. The Hall–Kier alpha value is -1.52. The molecule has 104 valence electrons. The van der Waals surface area contributed by atoms with E-state index in [-0.39, 0.29) is 18.0 Å². The standard InChI is InChI=1S/C16H15BrFNO/c17-13-6-5-12(15(18)10-13)9-16(20)14-4-2-1-3-11(14)7-8-19/h1-6,10H,7-9,19H2. The normalized spacial score (nSPS) is 10.6. The first-order valence-electron chi connectivity index (χ1n) is 6.37. The third kappa shape index (κ3) is 3.52. The first kappa shape index (κ1) is 14.9. The molecular formula is C16H15BrFNO. The fourth-order valence-corrected chi connectivity index (χ4v) is 2.43. The van der Waals surface area contributed by atoms with Crippen LogP contribution in [0.5, 0.6) is 0 Å². The maximum atomic E-state index is 13.8. The van der Waals surface area contributed by atoms with E-state index >= 15 is 0 Å². The number of nitrogens with two attached hydrogens (primary N) is 1. The number of ketones is 1. The zero-order chi connectivity index (χ0) is 14.5. The van der Waals surface area contributed by atoms with Gasteiger partial charge in [0.05, 0.1) is 0 Å². The van der Waals surface area contributed by atoms with E-state index in [1.54, 1.807) is 18.2 Å². The summed E-state index contributed by atoms with van der Waals surface area (Å²) in [6.45, 7) is 0.483. The van der Waals surface area contributed by atoms with Crippen LogP contribution in [0.2, 0.25) is 0 Å². The summed E-state index contributed by atoms with van der Waals surface area (Å²) in [4.78, 5) is 12.3. The van der Waals surface area contributed by atoms with Crippen LogP contribution in [0, 0.1) is 5.82 Å². The summed E-state index contributed by atoms with van der Waals surface area (Å²) < 4.78 is 14.4. The molecule has 0 bridgehead atoms. The fraction of sp³-hybridized carbons (Fsp3) is 0.188. The predicted molar refractivity (Wildman–Crippen MR) is 81.3 cm³/mol. The molecule has 20 heavy (non-hydrogen) atoms. The maximum absolute atomic E-state index is 13.8. The number of carbonyl (C=O) groups excluding carboxylic acids is 1. The van der Waals surface area contributed by atoms with Crippen LogP contribution in [0.3, 0.4) is 0 Å². The van der Waals surface area contributed by atoms with Gasteiger partial charge in [-0.05, 0) is 36.2 Å². The number of hydrogen-bond donors (Lipinski definition) is 1. The summed E-state index contributed by atoms with van der Waals surface area (Å²) in [6.07, 6.45) is 0.700. The number of hydrogen-bond acceptors (Lipinski definition) is 2. The molecule has 2 rings (SSSR count). The van der Waals surface area contributed by atoms with E-state index in [0.29, 0.717) is 28.6 Å². The van der Waals surface area contributed by atoms with Crippen molar-refractivity contribution in [1.82, 2.24) is 0 Å². The van der Waals surface area contributed by atoms with Gasteiger partial charge in [0.2, 0.25) is 0 Å². The van der Waals surface area contributed by atoms with Gasteiger partial charge in [-0.15, -0.1) is 0 Å². The van der Waals surface area contributed by atoms with E-state index in [1.807, 2.05) is 18.2 Å². The number of benzene rings is 2. The van der Waals surface area contributed by atoms with Crippen LogP contribution in [0.1, 0.15) is 21.5 Å². The van der Waals surface area contributed by atoms with Crippen molar-refractivity contribution >= 4 is 21.7 Å². The highest BCUT2D eigenvalue weighted by molar-refractivity contribution is 9.10. The molecule has 0 heterocycles. The first-order chi connectivity index (χ1) is 9.61. The van der Waals surface area contributed by atoms with Gasteiger partial charge in [0.1, 0.15) is 5.82 Å². The highest BCUT2D eigenvalue weighted by atomic mass is 79.9. The van der Waals surface area contributed by atoms with Gasteiger partial charge in [0.25, 0.3) is 0 Å². The quantitative estimate of drug-likeness (QED) is 0.849. The van der Waals surface area contributed by atoms with Crippen LogP contribution in [0.4, 0.5) is 4.39 Å². The minimum Gasteiger partial charge on any atom is -0.330 e. The monoisotopic (exact) mass is 335 g/mol. The van der Waals surface area contributed by atoms with Gasteiger partial charge in [-0.3, -0.25) is 4.79 Å². The van der Waals surface area contributed by atoms with Gasteiger partial charge in [-0.2, -0.15) is 0 Å². The Morgan fingerprint density at radius 1 is 1.15 bits per heavy atom. The molecule has 0 aliphatic carbocycles. The average Bonchev–Trinajstić information content (AvgIpc) is 2.43. The molecule has 0 atom stereocenters. The lowest BCUT2D eigenvalue weighted by Gasteiger charge is -2.08. The summed E-state index contributed by atoms with van der Waals surface area (Å²) in [5, 5.41) is 0. The van der Waals surface area contributed by atoms with Gasteiger partial charge in [0.15, 0.2) is 5.78 Å². The lowest BCUT2D eigenvalue weighted by Crippen LogP contribution is -2.11. The predicted octanol–water partition coefficient (Wildman–Crippen LogP) is 3.51. The third-order valence-corrected chi connectivity index (χ3v) is 3.59. The van der Waals surface area contributed by atoms with E-state index < -0.39 is 0 Å². The summed E-state index contributed by atoms with van der Waals surface area (Å²) >= 11 is 3.20. The highest BCUT2D eigenvalue weighted by Crippen LogP contribution is 2.18. The Morgan fingerprint density at radius 3 is 2.60 bits per heavy atom. The van der Waals surface area contributed by atoms with Crippen molar-refractivity contribution in [2.24, 2.45) is 5.73 Å². The van der Waals surface area contributed by atoms with Crippen LogP contribution < -0.4 is 5.73 Å². The number of halogens is 2. The molecular weight excluding hydrogens is 321 g/mol. The molecule has 0 aliphatic heterocycles. The lowest BCUT2D eigenvalue weighted by atomic mass is 9.97. The van der Waals surface area contributed by atoms with Gasteiger partial charge in [-0.25, -0.2) is 4.39 Å². The summed E-state index contributed by atoms with van der Waals surface area (Å²) in [5.41, 5.74) is 7.49. The van der Waals surface area contributed by atoms with Crippen molar-refractivity contribution in [1.29, 1.82) is 0 Å². The minimum atomic E-state index is -0.371. The summed E-state index contributed by atoms with van der Waals surface area (Å²) in [7, 11) is 0.